The number of anilines is 1. The first kappa shape index (κ1) is 14.4. The number of rotatable bonds is 2. The third-order valence-corrected chi connectivity index (χ3v) is 2.96. The molecule has 0 unspecified atom stereocenters. The summed E-state index contributed by atoms with van der Waals surface area (Å²) < 4.78 is 52.5. The van der Waals surface area contributed by atoms with E-state index in [0.717, 1.165) is 12.1 Å². The van der Waals surface area contributed by atoms with Gasteiger partial charge in [-0.15, -0.1) is 0 Å². The van der Waals surface area contributed by atoms with Crippen LogP contribution >= 0.6 is 0 Å². The molecule has 0 saturated carbocycles. The Morgan fingerprint density at radius 2 is 1.55 bits per heavy atom. The molecular weight excluding hydrogens is 270 g/mol. The molecule has 106 valence electrons. The summed E-state index contributed by atoms with van der Waals surface area (Å²) in [5.74, 6) is -0.484. The van der Waals surface area contributed by atoms with Crippen molar-refractivity contribution >= 4 is 5.69 Å². The highest BCUT2D eigenvalue weighted by Crippen LogP contribution is 2.40. The van der Waals surface area contributed by atoms with Gasteiger partial charge in [0.1, 0.15) is 5.82 Å². The molecule has 2 rings (SSSR count). The van der Waals surface area contributed by atoms with E-state index >= 15 is 0 Å². The molecule has 0 bridgehead atoms. The highest BCUT2D eigenvalue weighted by Gasteiger charge is 2.33. The molecule has 0 atom stereocenters. The Labute approximate surface area is 114 Å². The van der Waals surface area contributed by atoms with E-state index in [-0.39, 0.29) is 5.56 Å². The molecule has 2 aromatic rings. The van der Waals surface area contributed by atoms with Crippen LogP contribution in [0.2, 0.25) is 0 Å². The maximum atomic E-state index is 13.3. The van der Waals surface area contributed by atoms with Gasteiger partial charge in [-0.25, -0.2) is 4.39 Å². The van der Waals surface area contributed by atoms with Gasteiger partial charge >= 0.3 is 6.18 Å². The summed E-state index contributed by atoms with van der Waals surface area (Å²) in [6, 6.07) is 9.05. The summed E-state index contributed by atoms with van der Waals surface area (Å²) in [5, 5.41) is 0. The summed E-state index contributed by atoms with van der Waals surface area (Å²) in [7, 11) is 3.32. The monoisotopic (exact) mass is 283 g/mol. The van der Waals surface area contributed by atoms with Crippen LogP contribution in [0, 0.1) is 5.82 Å². The molecule has 0 heterocycles. The number of alkyl halides is 3. The second-order valence-corrected chi connectivity index (χ2v) is 4.60. The van der Waals surface area contributed by atoms with Gasteiger partial charge in [-0.1, -0.05) is 18.2 Å². The Morgan fingerprint density at radius 3 is 2.15 bits per heavy atom. The lowest BCUT2D eigenvalue weighted by atomic mass is 9.97. The SMILES string of the molecule is CN(C)c1cc(F)ccc1-c1ccccc1C(F)(F)F. The largest absolute Gasteiger partial charge is 0.417 e. The van der Waals surface area contributed by atoms with Crippen LogP contribution in [0.25, 0.3) is 11.1 Å². The van der Waals surface area contributed by atoms with Gasteiger partial charge in [0.25, 0.3) is 0 Å². The van der Waals surface area contributed by atoms with Gasteiger partial charge in [0.05, 0.1) is 5.56 Å². The highest BCUT2D eigenvalue weighted by atomic mass is 19.4. The van der Waals surface area contributed by atoms with Crippen LogP contribution in [-0.4, -0.2) is 14.1 Å². The first-order valence-electron chi connectivity index (χ1n) is 5.94. The summed E-state index contributed by atoms with van der Waals surface area (Å²) in [5.41, 5.74) is 0.0735. The number of halogens is 4. The Morgan fingerprint density at radius 1 is 0.900 bits per heavy atom. The molecule has 0 N–H and O–H groups in total. The van der Waals surface area contributed by atoms with E-state index in [9.17, 15) is 17.6 Å². The Hall–Kier alpha value is -2.04. The van der Waals surface area contributed by atoms with Crippen molar-refractivity contribution in [2.24, 2.45) is 0 Å². The van der Waals surface area contributed by atoms with Crippen LogP contribution in [0.3, 0.4) is 0 Å². The number of hydrogen-bond acceptors (Lipinski definition) is 1. The minimum atomic E-state index is -4.45. The van der Waals surface area contributed by atoms with Gasteiger partial charge in [0.15, 0.2) is 0 Å². The molecule has 0 aliphatic rings. The third kappa shape index (κ3) is 2.76. The predicted molar refractivity (Wildman–Crippen MR) is 71.2 cm³/mol. The topological polar surface area (TPSA) is 3.24 Å². The van der Waals surface area contributed by atoms with Crippen molar-refractivity contribution in [3.05, 3.63) is 53.8 Å². The van der Waals surface area contributed by atoms with Gasteiger partial charge in [0.2, 0.25) is 0 Å². The van der Waals surface area contributed by atoms with Crippen molar-refractivity contribution < 1.29 is 17.6 Å². The maximum Gasteiger partial charge on any atom is 0.417 e. The van der Waals surface area contributed by atoms with Crippen molar-refractivity contribution in [2.75, 3.05) is 19.0 Å². The van der Waals surface area contributed by atoms with Crippen molar-refractivity contribution in [3.8, 4) is 11.1 Å². The molecular formula is C15H13F4N. The van der Waals surface area contributed by atoms with E-state index in [0.29, 0.717) is 11.3 Å². The fourth-order valence-electron chi connectivity index (χ4n) is 2.07. The summed E-state index contributed by atoms with van der Waals surface area (Å²) in [4.78, 5) is 1.59. The minimum Gasteiger partial charge on any atom is -0.377 e. The molecule has 5 heteroatoms. The Kier molecular flexibility index (Phi) is 3.70. The van der Waals surface area contributed by atoms with Gasteiger partial charge < -0.3 is 4.90 Å². The fourth-order valence-corrected chi connectivity index (χ4v) is 2.07. The lowest BCUT2D eigenvalue weighted by molar-refractivity contribution is -0.137. The summed E-state index contributed by atoms with van der Waals surface area (Å²) in [6.45, 7) is 0. The summed E-state index contributed by atoms with van der Waals surface area (Å²) in [6.07, 6.45) is -4.45. The van der Waals surface area contributed by atoms with Gasteiger partial charge in [-0.05, 0) is 29.8 Å². The number of nitrogens with zero attached hydrogens (tertiary/aromatic N) is 1. The second-order valence-electron chi connectivity index (χ2n) is 4.60. The molecule has 0 aliphatic heterocycles. The van der Waals surface area contributed by atoms with Crippen molar-refractivity contribution in [1.29, 1.82) is 0 Å². The Balaban J connectivity index is 2.70. The van der Waals surface area contributed by atoms with Crippen molar-refractivity contribution in [2.45, 2.75) is 6.18 Å². The predicted octanol–water partition coefficient (Wildman–Crippen LogP) is 4.58. The standard InChI is InChI=1S/C15H13F4N/c1-20(2)14-9-10(16)7-8-12(14)11-5-3-4-6-13(11)15(17,18)19/h3-9H,1-2H3. The Bertz CT molecular complexity index is 618. The lowest BCUT2D eigenvalue weighted by Crippen LogP contribution is -2.12. The van der Waals surface area contributed by atoms with Crippen molar-refractivity contribution in [3.63, 3.8) is 0 Å². The van der Waals surface area contributed by atoms with E-state index in [4.69, 9.17) is 0 Å². The molecule has 0 aromatic heterocycles. The fraction of sp³-hybridized carbons (Fsp3) is 0.200. The molecule has 0 radical (unpaired) electrons. The quantitative estimate of drug-likeness (QED) is 0.729. The van der Waals surface area contributed by atoms with E-state index in [2.05, 4.69) is 0 Å². The van der Waals surface area contributed by atoms with E-state index < -0.39 is 17.6 Å². The van der Waals surface area contributed by atoms with Crippen LogP contribution in [-0.2, 0) is 6.18 Å². The van der Waals surface area contributed by atoms with Crippen LogP contribution in [0.15, 0.2) is 42.5 Å². The van der Waals surface area contributed by atoms with Crippen LogP contribution in [0.1, 0.15) is 5.56 Å². The zero-order chi connectivity index (χ0) is 14.9. The highest BCUT2D eigenvalue weighted by molar-refractivity contribution is 5.80. The number of benzene rings is 2. The molecule has 2 aromatic carbocycles. The smallest absolute Gasteiger partial charge is 0.377 e. The van der Waals surface area contributed by atoms with E-state index in [1.165, 1.54) is 30.3 Å². The normalized spacial score (nSPS) is 11.5. The van der Waals surface area contributed by atoms with Crippen LogP contribution in [0.4, 0.5) is 23.2 Å². The van der Waals surface area contributed by atoms with Crippen LogP contribution in [0.5, 0.6) is 0 Å². The van der Waals surface area contributed by atoms with Gasteiger partial charge in [-0.3, -0.25) is 0 Å². The lowest BCUT2D eigenvalue weighted by Gasteiger charge is -2.20. The first-order chi connectivity index (χ1) is 9.30. The molecule has 0 saturated heterocycles. The van der Waals surface area contributed by atoms with Gasteiger partial charge in [0, 0.05) is 25.3 Å². The van der Waals surface area contributed by atoms with E-state index in [1.54, 1.807) is 19.0 Å². The molecule has 1 nitrogen and oxygen atoms in total. The average Bonchev–Trinajstić information content (AvgIpc) is 2.37. The van der Waals surface area contributed by atoms with E-state index in [1.807, 2.05) is 0 Å². The molecule has 20 heavy (non-hydrogen) atoms. The van der Waals surface area contributed by atoms with Crippen molar-refractivity contribution in [1.82, 2.24) is 0 Å². The number of hydrogen-bond donors (Lipinski definition) is 0. The summed E-state index contributed by atoms with van der Waals surface area (Å²) >= 11 is 0. The van der Waals surface area contributed by atoms with Gasteiger partial charge in [-0.2, -0.15) is 13.2 Å². The first-order valence-corrected chi connectivity index (χ1v) is 5.94. The van der Waals surface area contributed by atoms with Crippen LogP contribution < -0.4 is 4.90 Å². The zero-order valence-corrected chi connectivity index (χ0v) is 11.0. The third-order valence-electron chi connectivity index (χ3n) is 2.96. The minimum absolute atomic E-state index is 0.0451. The maximum absolute atomic E-state index is 13.3. The molecule has 0 spiro atoms. The molecule has 0 fully saturated rings. The second kappa shape index (κ2) is 5.15. The molecule has 0 amide bonds. The average molecular weight is 283 g/mol. The molecule has 0 aliphatic carbocycles. The zero-order valence-electron chi connectivity index (χ0n) is 11.0.